The number of hydrogen-bond acceptors (Lipinski definition) is 6. The zero-order valence-electron chi connectivity index (χ0n) is 25.2. The molecule has 0 aliphatic heterocycles. The van der Waals surface area contributed by atoms with Crippen molar-refractivity contribution < 1.29 is 29.3 Å². The maximum absolute atomic E-state index is 11.4. The molecule has 0 heterocycles. The molecule has 0 unspecified atom stereocenters. The molecule has 0 fully saturated rings. The first kappa shape index (κ1) is 32.2. The van der Waals surface area contributed by atoms with Crippen molar-refractivity contribution in [3.8, 4) is 11.5 Å². The van der Waals surface area contributed by atoms with E-state index in [1.54, 1.807) is 0 Å². The molecule has 0 saturated carbocycles. The fraction of sp³-hybridized carbons (Fsp3) is 0.576. The van der Waals surface area contributed by atoms with Gasteiger partial charge in [-0.3, -0.25) is 9.59 Å². The number of benzene rings is 2. The van der Waals surface area contributed by atoms with Crippen LogP contribution < -0.4 is 0 Å². The summed E-state index contributed by atoms with van der Waals surface area (Å²) in [6, 6.07) is 8.14. The minimum absolute atomic E-state index is 0.235. The van der Waals surface area contributed by atoms with Crippen LogP contribution in [0.4, 0.5) is 0 Å². The first-order valence-corrected chi connectivity index (χ1v) is 14.2. The van der Waals surface area contributed by atoms with Gasteiger partial charge in [0.1, 0.15) is 11.5 Å². The van der Waals surface area contributed by atoms with Crippen molar-refractivity contribution in [3.05, 3.63) is 57.6 Å². The van der Waals surface area contributed by atoms with Gasteiger partial charge in [-0.2, -0.15) is 0 Å². The molecule has 0 radical (unpaired) electrons. The van der Waals surface area contributed by atoms with Crippen LogP contribution >= 0.6 is 0 Å². The Morgan fingerprint density at radius 3 is 1.36 bits per heavy atom. The third-order valence-electron chi connectivity index (χ3n) is 7.93. The third kappa shape index (κ3) is 9.01. The lowest BCUT2D eigenvalue weighted by atomic mass is 9.78. The number of aryl methyl sites for hydroxylation is 2. The number of carbonyl (C=O) groups is 2. The number of esters is 2. The van der Waals surface area contributed by atoms with Crippen molar-refractivity contribution in [3.63, 3.8) is 0 Å². The zero-order valence-corrected chi connectivity index (χ0v) is 25.2. The molecule has 0 bridgehead atoms. The third-order valence-corrected chi connectivity index (χ3v) is 7.93. The molecule has 2 N–H and O–H groups in total. The Morgan fingerprint density at radius 2 is 1.05 bits per heavy atom. The first-order valence-electron chi connectivity index (χ1n) is 14.2. The van der Waals surface area contributed by atoms with Crippen LogP contribution in [-0.2, 0) is 49.2 Å². The normalized spacial score (nSPS) is 11.9. The molecular weight excluding hydrogens is 492 g/mol. The molecule has 0 atom stereocenters. The zero-order chi connectivity index (χ0) is 29.4. The highest BCUT2D eigenvalue weighted by Gasteiger charge is 2.27. The van der Waals surface area contributed by atoms with E-state index in [0.29, 0.717) is 45.3 Å². The summed E-state index contributed by atoms with van der Waals surface area (Å²) in [4.78, 5) is 22.3. The van der Waals surface area contributed by atoms with Gasteiger partial charge in [0.15, 0.2) is 0 Å². The van der Waals surface area contributed by atoms with E-state index in [1.165, 1.54) is 13.8 Å². The van der Waals surface area contributed by atoms with E-state index in [1.807, 2.05) is 12.1 Å². The molecule has 2 aromatic carbocycles. The summed E-state index contributed by atoms with van der Waals surface area (Å²) in [5.41, 5.74) is 4.97. The Morgan fingerprint density at radius 1 is 0.692 bits per heavy atom. The lowest BCUT2D eigenvalue weighted by Crippen LogP contribution is -2.18. The Labute approximate surface area is 234 Å². The summed E-state index contributed by atoms with van der Waals surface area (Å²) >= 11 is 0. The van der Waals surface area contributed by atoms with E-state index in [2.05, 4.69) is 53.7 Å². The van der Waals surface area contributed by atoms with E-state index in [4.69, 9.17) is 9.47 Å². The summed E-state index contributed by atoms with van der Waals surface area (Å²) in [6.07, 6.45) is 4.89. The predicted octanol–water partition coefficient (Wildman–Crippen LogP) is 7.06. The lowest BCUT2D eigenvalue weighted by molar-refractivity contribution is -0.142. The van der Waals surface area contributed by atoms with Crippen molar-refractivity contribution in [2.75, 3.05) is 13.2 Å². The number of ether oxygens (including phenoxy) is 2. The van der Waals surface area contributed by atoms with Crippen LogP contribution in [0.5, 0.6) is 11.5 Å². The SMILES string of the molecule is CCC(C)(C)c1cc(CCCOC(C)=O)cc(Cc2cc(CCCOC(C)=O)cc(C(C)(C)CC)c2O)c1O. The molecule has 0 spiro atoms. The molecular formula is C33H48O6. The second-order valence-corrected chi connectivity index (χ2v) is 11.8. The van der Waals surface area contributed by atoms with Gasteiger partial charge in [0.05, 0.1) is 13.2 Å². The fourth-order valence-electron chi connectivity index (χ4n) is 4.68. The smallest absolute Gasteiger partial charge is 0.302 e. The molecule has 0 aliphatic rings. The average molecular weight is 541 g/mol. The van der Waals surface area contributed by atoms with Crippen LogP contribution in [-0.4, -0.2) is 35.4 Å². The Balaban J connectivity index is 2.53. The molecule has 2 aromatic rings. The number of phenolic OH excluding ortho intramolecular Hbond substituents is 2. The van der Waals surface area contributed by atoms with Gasteiger partial charge < -0.3 is 19.7 Å². The number of phenols is 2. The van der Waals surface area contributed by atoms with E-state index in [9.17, 15) is 19.8 Å². The van der Waals surface area contributed by atoms with E-state index in [-0.39, 0.29) is 34.3 Å². The van der Waals surface area contributed by atoms with E-state index < -0.39 is 0 Å². The lowest BCUT2D eigenvalue weighted by Gasteiger charge is -2.28. The molecule has 2 rings (SSSR count). The number of aromatic hydroxyl groups is 2. The second-order valence-electron chi connectivity index (χ2n) is 11.8. The van der Waals surface area contributed by atoms with Crippen molar-refractivity contribution in [2.45, 2.75) is 111 Å². The topological polar surface area (TPSA) is 93.1 Å². The fourth-order valence-corrected chi connectivity index (χ4v) is 4.68. The van der Waals surface area contributed by atoms with E-state index >= 15 is 0 Å². The maximum Gasteiger partial charge on any atom is 0.302 e. The van der Waals surface area contributed by atoms with Crippen LogP contribution in [0.25, 0.3) is 0 Å². The van der Waals surface area contributed by atoms with Gasteiger partial charge >= 0.3 is 11.9 Å². The van der Waals surface area contributed by atoms with Crippen molar-refractivity contribution in [1.82, 2.24) is 0 Å². The monoisotopic (exact) mass is 540 g/mol. The number of hydrogen-bond donors (Lipinski definition) is 2. The van der Waals surface area contributed by atoms with Gasteiger partial charge in [0.2, 0.25) is 0 Å². The number of rotatable bonds is 14. The van der Waals surface area contributed by atoms with Crippen molar-refractivity contribution in [1.29, 1.82) is 0 Å². The highest BCUT2D eigenvalue weighted by atomic mass is 16.5. The molecule has 216 valence electrons. The standard InChI is InChI=1S/C33H48O6/c1-9-32(5,6)28-19-24(13-11-15-38-22(3)34)17-26(30(28)36)21-27-18-25(14-12-16-39-23(4)35)20-29(31(27)37)33(7,8)10-2/h17-20,36-37H,9-16,21H2,1-8H3. The summed E-state index contributed by atoms with van der Waals surface area (Å²) in [6.45, 7) is 16.2. The first-order chi connectivity index (χ1) is 18.2. The number of carbonyl (C=O) groups excluding carboxylic acids is 2. The van der Waals surface area contributed by atoms with Gasteiger partial charge in [-0.1, -0.05) is 65.8 Å². The van der Waals surface area contributed by atoms with Crippen LogP contribution in [0.2, 0.25) is 0 Å². The second kappa shape index (κ2) is 13.9. The minimum atomic E-state index is -0.289. The minimum Gasteiger partial charge on any atom is -0.507 e. The molecule has 0 aromatic heterocycles. The molecule has 0 aliphatic carbocycles. The summed E-state index contributed by atoms with van der Waals surface area (Å²) in [5, 5.41) is 22.9. The predicted molar refractivity (Wildman–Crippen MR) is 156 cm³/mol. The van der Waals surface area contributed by atoms with Crippen molar-refractivity contribution >= 4 is 11.9 Å². The Hall–Kier alpha value is -3.02. The Kier molecular flexibility index (Phi) is 11.4. The summed E-state index contributed by atoms with van der Waals surface area (Å²) < 4.78 is 10.2. The molecule has 6 heteroatoms. The quantitative estimate of drug-likeness (QED) is 0.197. The summed E-state index contributed by atoms with van der Waals surface area (Å²) in [7, 11) is 0. The van der Waals surface area contributed by atoms with Gasteiger partial charge in [-0.15, -0.1) is 0 Å². The molecule has 0 saturated heterocycles. The largest absolute Gasteiger partial charge is 0.507 e. The van der Waals surface area contributed by atoms with Gasteiger partial charge in [0, 0.05) is 31.4 Å². The van der Waals surface area contributed by atoms with Crippen molar-refractivity contribution in [2.24, 2.45) is 0 Å². The van der Waals surface area contributed by atoms with Gasteiger partial charge in [0.25, 0.3) is 0 Å². The maximum atomic E-state index is 11.4. The highest BCUT2D eigenvalue weighted by molar-refractivity contribution is 5.66. The summed E-state index contributed by atoms with van der Waals surface area (Å²) in [5.74, 6) is -0.0467. The van der Waals surface area contributed by atoms with Gasteiger partial charge in [-0.05, 0) is 71.6 Å². The Bertz CT molecular complexity index is 1060. The van der Waals surface area contributed by atoms with Crippen LogP contribution in [0, 0.1) is 0 Å². The average Bonchev–Trinajstić information content (AvgIpc) is 2.87. The van der Waals surface area contributed by atoms with Crippen LogP contribution in [0.15, 0.2) is 24.3 Å². The van der Waals surface area contributed by atoms with Crippen LogP contribution in [0.3, 0.4) is 0 Å². The van der Waals surface area contributed by atoms with Crippen LogP contribution in [0.1, 0.15) is 114 Å². The molecule has 39 heavy (non-hydrogen) atoms. The van der Waals surface area contributed by atoms with E-state index in [0.717, 1.165) is 46.2 Å². The highest BCUT2D eigenvalue weighted by Crippen LogP contribution is 2.41. The van der Waals surface area contributed by atoms with Gasteiger partial charge in [-0.25, -0.2) is 0 Å². The molecule has 6 nitrogen and oxygen atoms in total. The molecule has 0 amide bonds.